The Morgan fingerprint density at radius 1 is 1.22 bits per heavy atom. The molecule has 1 aromatic rings. The molecule has 0 radical (unpaired) electrons. The molecule has 2 N–H and O–H groups in total. The number of ether oxygens (including phenoxy) is 1. The molecular formula is C16H22F3NO3. The number of hydrogen-bond donors (Lipinski definition) is 2. The smallest absolute Gasteiger partial charge is 0.416 e. The van der Waals surface area contributed by atoms with Gasteiger partial charge in [0.25, 0.3) is 0 Å². The highest BCUT2D eigenvalue weighted by Crippen LogP contribution is 2.30. The SMILES string of the molecule is C[C@@H](c1ccc(C(F)(F)F)cc1)[C@@H](CO)NC(=O)OC(C)(C)C. The molecule has 2 atom stereocenters. The lowest BCUT2D eigenvalue weighted by Gasteiger charge is -2.26. The maximum atomic E-state index is 12.6. The monoisotopic (exact) mass is 333 g/mol. The third-order valence-electron chi connectivity index (χ3n) is 3.27. The van der Waals surface area contributed by atoms with Gasteiger partial charge in [0.2, 0.25) is 0 Å². The number of nitrogens with one attached hydrogen (secondary N) is 1. The van der Waals surface area contributed by atoms with Crippen molar-refractivity contribution in [3.63, 3.8) is 0 Å². The fourth-order valence-electron chi connectivity index (χ4n) is 2.00. The van der Waals surface area contributed by atoms with Crippen LogP contribution in [0.4, 0.5) is 18.0 Å². The molecule has 23 heavy (non-hydrogen) atoms. The lowest BCUT2D eigenvalue weighted by Crippen LogP contribution is -2.43. The molecule has 4 nitrogen and oxygen atoms in total. The molecule has 0 aliphatic heterocycles. The summed E-state index contributed by atoms with van der Waals surface area (Å²) in [7, 11) is 0. The number of carbonyl (C=O) groups excluding carboxylic acids is 1. The van der Waals surface area contributed by atoms with Gasteiger partial charge in [0.1, 0.15) is 5.60 Å². The number of aliphatic hydroxyl groups excluding tert-OH is 1. The minimum Gasteiger partial charge on any atom is -0.444 e. The van der Waals surface area contributed by atoms with Crippen LogP contribution in [0.2, 0.25) is 0 Å². The standard InChI is InChI=1S/C16H22F3NO3/c1-10(11-5-7-12(8-6-11)16(17,18)19)13(9-21)20-14(22)23-15(2,3)4/h5-8,10,13,21H,9H2,1-4H3,(H,20,22)/t10-,13+/m0/s1. The topological polar surface area (TPSA) is 58.6 Å². The number of benzene rings is 1. The first-order chi connectivity index (χ1) is 10.4. The van der Waals surface area contributed by atoms with Gasteiger partial charge >= 0.3 is 12.3 Å². The molecule has 0 fully saturated rings. The first-order valence-electron chi connectivity index (χ1n) is 7.21. The summed E-state index contributed by atoms with van der Waals surface area (Å²) < 4.78 is 42.8. The Morgan fingerprint density at radius 3 is 2.13 bits per heavy atom. The Hall–Kier alpha value is -1.76. The number of hydrogen-bond acceptors (Lipinski definition) is 3. The second kappa shape index (κ2) is 7.21. The molecule has 0 bridgehead atoms. The van der Waals surface area contributed by atoms with Gasteiger partial charge in [0, 0.05) is 5.92 Å². The van der Waals surface area contributed by atoms with Crippen LogP contribution in [0.15, 0.2) is 24.3 Å². The third-order valence-corrected chi connectivity index (χ3v) is 3.27. The zero-order valence-corrected chi connectivity index (χ0v) is 13.6. The number of carbonyl (C=O) groups is 1. The van der Waals surface area contributed by atoms with Crippen molar-refractivity contribution in [3.8, 4) is 0 Å². The minimum absolute atomic E-state index is 0.360. The van der Waals surface area contributed by atoms with Crippen molar-refractivity contribution < 1.29 is 27.8 Å². The van der Waals surface area contributed by atoms with Crippen molar-refractivity contribution in [2.75, 3.05) is 6.61 Å². The second-order valence-corrected chi connectivity index (χ2v) is 6.34. The van der Waals surface area contributed by atoms with E-state index in [1.54, 1.807) is 27.7 Å². The predicted octanol–water partition coefficient (Wildman–Crippen LogP) is 3.69. The Morgan fingerprint density at radius 2 is 1.74 bits per heavy atom. The molecule has 130 valence electrons. The van der Waals surface area contributed by atoms with Gasteiger partial charge in [-0.15, -0.1) is 0 Å². The summed E-state index contributed by atoms with van der Waals surface area (Å²) in [4.78, 5) is 11.8. The number of aliphatic hydroxyl groups is 1. The highest BCUT2D eigenvalue weighted by molar-refractivity contribution is 5.68. The normalized spacial score (nSPS) is 15.0. The van der Waals surface area contributed by atoms with E-state index in [0.717, 1.165) is 12.1 Å². The first kappa shape index (κ1) is 19.3. The fourth-order valence-corrected chi connectivity index (χ4v) is 2.00. The number of alkyl carbamates (subject to hydrolysis) is 1. The van der Waals surface area contributed by atoms with Gasteiger partial charge in [-0.25, -0.2) is 4.79 Å². The third kappa shape index (κ3) is 6.09. The molecule has 0 heterocycles. The van der Waals surface area contributed by atoms with E-state index in [9.17, 15) is 23.1 Å². The van der Waals surface area contributed by atoms with Crippen LogP contribution >= 0.6 is 0 Å². The molecule has 0 aromatic heterocycles. The average molecular weight is 333 g/mol. The summed E-state index contributed by atoms with van der Waals surface area (Å²) in [5, 5.41) is 12.0. The lowest BCUT2D eigenvalue weighted by molar-refractivity contribution is -0.137. The summed E-state index contributed by atoms with van der Waals surface area (Å²) in [5.74, 6) is -0.380. The van der Waals surface area contributed by atoms with Crippen LogP contribution in [0.5, 0.6) is 0 Å². The fraction of sp³-hybridized carbons (Fsp3) is 0.562. The molecule has 0 aliphatic rings. The molecule has 7 heteroatoms. The zero-order valence-electron chi connectivity index (χ0n) is 13.6. The van der Waals surface area contributed by atoms with Gasteiger partial charge < -0.3 is 15.2 Å². The van der Waals surface area contributed by atoms with Crippen LogP contribution in [0, 0.1) is 0 Å². The molecule has 1 rings (SSSR count). The second-order valence-electron chi connectivity index (χ2n) is 6.34. The van der Waals surface area contributed by atoms with Gasteiger partial charge in [-0.05, 0) is 38.5 Å². The summed E-state index contributed by atoms with van der Waals surface area (Å²) in [6, 6.07) is 3.98. The lowest BCUT2D eigenvalue weighted by atomic mass is 9.93. The van der Waals surface area contributed by atoms with E-state index < -0.39 is 29.5 Å². The predicted molar refractivity (Wildman–Crippen MR) is 80.1 cm³/mol. The zero-order chi connectivity index (χ0) is 17.8. The Kier molecular flexibility index (Phi) is 6.04. The van der Waals surface area contributed by atoms with Crippen LogP contribution in [-0.2, 0) is 10.9 Å². The molecule has 1 amide bonds. The highest BCUT2D eigenvalue weighted by Gasteiger charge is 2.30. The van der Waals surface area contributed by atoms with E-state index >= 15 is 0 Å². The summed E-state index contributed by atoms with van der Waals surface area (Å²) in [6.07, 6.45) is -5.08. The average Bonchev–Trinajstić information content (AvgIpc) is 2.41. The summed E-state index contributed by atoms with van der Waals surface area (Å²) in [6.45, 7) is 6.47. The van der Waals surface area contributed by atoms with Crippen molar-refractivity contribution in [3.05, 3.63) is 35.4 Å². The Balaban J connectivity index is 2.80. The number of halogens is 3. The van der Waals surface area contributed by atoms with Gasteiger partial charge in [-0.2, -0.15) is 13.2 Å². The molecule has 0 aliphatic carbocycles. The Bertz CT molecular complexity index is 521. The molecule has 1 aromatic carbocycles. The highest BCUT2D eigenvalue weighted by atomic mass is 19.4. The van der Waals surface area contributed by atoms with Crippen LogP contribution in [0.25, 0.3) is 0 Å². The van der Waals surface area contributed by atoms with E-state index in [4.69, 9.17) is 4.74 Å². The van der Waals surface area contributed by atoms with E-state index in [1.165, 1.54) is 12.1 Å². The summed E-state index contributed by atoms with van der Waals surface area (Å²) in [5.41, 5.74) is -0.844. The summed E-state index contributed by atoms with van der Waals surface area (Å²) >= 11 is 0. The van der Waals surface area contributed by atoms with Gasteiger partial charge in [0.15, 0.2) is 0 Å². The van der Waals surface area contributed by atoms with Crippen molar-refractivity contribution in [2.24, 2.45) is 0 Å². The van der Waals surface area contributed by atoms with Crippen LogP contribution in [0.3, 0.4) is 0 Å². The minimum atomic E-state index is -4.40. The molecule has 0 saturated carbocycles. The van der Waals surface area contributed by atoms with E-state index in [1.807, 2.05) is 0 Å². The van der Waals surface area contributed by atoms with Crippen LogP contribution in [-0.4, -0.2) is 29.4 Å². The number of amides is 1. The van der Waals surface area contributed by atoms with Crippen LogP contribution < -0.4 is 5.32 Å². The molecule has 0 unspecified atom stereocenters. The number of alkyl halides is 3. The first-order valence-corrected chi connectivity index (χ1v) is 7.21. The van der Waals surface area contributed by atoms with E-state index in [-0.39, 0.29) is 12.5 Å². The Labute approximate surface area is 133 Å². The van der Waals surface area contributed by atoms with Crippen LogP contribution in [0.1, 0.15) is 44.7 Å². The van der Waals surface area contributed by atoms with E-state index in [2.05, 4.69) is 5.32 Å². The van der Waals surface area contributed by atoms with Gasteiger partial charge in [-0.3, -0.25) is 0 Å². The quantitative estimate of drug-likeness (QED) is 0.883. The molecular weight excluding hydrogens is 311 g/mol. The largest absolute Gasteiger partial charge is 0.444 e. The molecule has 0 saturated heterocycles. The maximum absolute atomic E-state index is 12.6. The maximum Gasteiger partial charge on any atom is 0.416 e. The van der Waals surface area contributed by atoms with Crippen molar-refractivity contribution >= 4 is 6.09 Å². The van der Waals surface area contributed by atoms with Gasteiger partial charge in [-0.1, -0.05) is 19.1 Å². The van der Waals surface area contributed by atoms with Crippen molar-refractivity contribution in [1.82, 2.24) is 5.32 Å². The van der Waals surface area contributed by atoms with Crippen molar-refractivity contribution in [1.29, 1.82) is 0 Å². The molecule has 0 spiro atoms. The number of rotatable bonds is 4. The van der Waals surface area contributed by atoms with E-state index in [0.29, 0.717) is 5.56 Å². The van der Waals surface area contributed by atoms with Crippen molar-refractivity contribution in [2.45, 2.75) is 51.4 Å². The van der Waals surface area contributed by atoms with Gasteiger partial charge in [0.05, 0.1) is 18.2 Å².